The number of ether oxygens (including phenoxy) is 2. The maximum atomic E-state index is 5.48. The van der Waals surface area contributed by atoms with E-state index in [0.717, 1.165) is 50.5 Å². The Morgan fingerprint density at radius 2 is 1.78 bits per heavy atom. The second kappa shape index (κ2) is 6.50. The van der Waals surface area contributed by atoms with Gasteiger partial charge in [0.15, 0.2) is 0 Å². The van der Waals surface area contributed by atoms with Crippen molar-refractivity contribution in [2.45, 2.75) is 12.8 Å². The molecule has 1 aromatic rings. The van der Waals surface area contributed by atoms with E-state index in [9.17, 15) is 0 Å². The molecule has 1 aliphatic heterocycles. The zero-order chi connectivity index (χ0) is 12.8. The lowest BCUT2D eigenvalue weighted by atomic mass is 10.2. The largest absolute Gasteiger partial charge is 0.497 e. The number of hydrogen-bond donors (Lipinski definition) is 1. The van der Waals surface area contributed by atoms with Crippen LogP contribution in [-0.4, -0.2) is 40.4 Å². The zero-order valence-electron chi connectivity index (χ0n) is 11.2. The third-order valence-corrected chi connectivity index (χ3v) is 3.29. The van der Waals surface area contributed by atoms with Crippen molar-refractivity contribution in [3.63, 3.8) is 0 Å². The minimum Gasteiger partial charge on any atom is -0.497 e. The molecule has 4 heteroatoms. The molecule has 1 N–H and O–H groups in total. The van der Waals surface area contributed by atoms with Gasteiger partial charge in [-0.2, -0.15) is 0 Å². The van der Waals surface area contributed by atoms with Crippen LogP contribution in [-0.2, 0) is 0 Å². The third-order valence-electron chi connectivity index (χ3n) is 3.29. The number of nitrogens with zero attached hydrogens (tertiary/aromatic N) is 1. The number of anilines is 1. The highest BCUT2D eigenvalue weighted by atomic mass is 16.5. The number of hydrogen-bond acceptors (Lipinski definition) is 4. The molecule has 1 fully saturated rings. The molecule has 4 nitrogen and oxygen atoms in total. The minimum absolute atomic E-state index is 0.837. The first-order valence-corrected chi connectivity index (χ1v) is 6.53. The lowest BCUT2D eigenvalue weighted by molar-refractivity contribution is 0.393. The van der Waals surface area contributed by atoms with Crippen LogP contribution in [0.3, 0.4) is 0 Å². The molecule has 1 aliphatic rings. The van der Waals surface area contributed by atoms with Gasteiger partial charge in [-0.15, -0.1) is 0 Å². The summed E-state index contributed by atoms with van der Waals surface area (Å²) in [5.41, 5.74) is 1.17. The molecule has 0 aromatic heterocycles. The van der Waals surface area contributed by atoms with Gasteiger partial charge in [-0.3, -0.25) is 0 Å². The van der Waals surface area contributed by atoms with Crippen LogP contribution in [0.15, 0.2) is 18.2 Å². The van der Waals surface area contributed by atoms with Crippen LogP contribution in [0.5, 0.6) is 11.5 Å². The second-order valence-corrected chi connectivity index (χ2v) is 4.48. The van der Waals surface area contributed by atoms with Gasteiger partial charge >= 0.3 is 0 Å². The third kappa shape index (κ3) is 3.07. The van der Waals surface area contributed by atoms with Crippen LogP contribution >= 0.6 is 0 Å². The highest BCUT2D eigenvalue weighted by Gasteiger charge is 2.14. The van der Waals surface area contributed by atoms with Gasteiger partial charge in [-0.1, -0.05) is 0 Å². The smallest absolute Gasteiger partial charge is 0.145 e. The van der Waals surface area contributed by atoms with Crippen molar-refractivity contribution in [2.75, 3.05) is 45.3 Å². The number of rotatable bonds is 3. The molecule has 0 amide bonds. The van der Waals surface area contributed by atoms with Crippen LogP contribution in [0.25, 0.3) is 0 Å². The lowest BCUT2D eigenvalue weighted by Gasteiger charge is -2.28. The van der Waals surface area contributed by atoms with Gasteiger partial charge < -0.3 is 19.7 Å². The molecule has 1 heterocycles. The zero-order valence-corrected chi connectivity index (χ0v) is 11.2. The molecular weight excluding hydrogens is 228 g/mol. The normalized spacial score (nSPS) is 16.9. The van der Waals surface area contributed by atoms with Crippen molar-refractivity contribution >= 4 is 5.69 Å². The quantitative estimate of drug-likeness (QED) is 0.888. The van der Waals surface area contributed by atoms with E-state index in [-0.39, 0.29) is 0 Å². The summed E-state index contributed by atoms with van der Waals surface area (Å²) in [6.45, 7) is 4.31. The molecule has 0 bridgehead atoms. The van der Waals surface area contributed by atoms with E-state index in [1.165, 1.54) is 5.69 Å². The molecule has 0 radical (unpaired) electrons. The van der Waals surface area contributed by atoms with Crippen molar-refractivity contribution in [1.82, 2.24) is 5.32 Å². The average Bonchev–Trinajstić information content (AvgIpc) is 2.38. The summed E-state index contributed by atoms with van der Waals surface area (Å²) in [4.78, 5) is 2.40. The predicted octanol–water partition coefficient (Wildman–Crippen LogP) is 1.89. The first-order valence-electron chi connectivity index (χ1n) is 6.53. The Hall–Kier alpha value is -1.42. The van der Waals surface area contributed by atoms with Crippen molar-refractivity contribution in [2.24, 2.45) is 0 Å². The highest BCUT2D eigenvalue weighted by Crippen LogP contribution is 2.32. The Morgan fingerprint density at radius 1 is 1.06 bits per heavy atom. The van der Waals surface area contributed by atoms with E-state index >= 15 is 0 Å². The molecule has 0 spiro atoms. The maximum Gasteiger partial charge on any atom is 0.145 e. The maximum absolute atomic E-state index is 5.48. The lowest BCUT2D eigenvalue weighted by Crippen LogP contribution is -2.34. The molecule has 0 saturated carbocycles. The van der Waals surface area contributed by atoms with Crippen molar-refractivity contribution in [1.29, 1.82) is 0 Å². The molecule has 100 valence electrons. The van der Waals surface area contributed by atoms with Gasteiger partial charge in [-0.25, -0.2) is 0 Å². The monoisotopic (exact) mass is 250 g/mol. The molecule has 0 aliphatic carbocycles. The molecule has 1 aromatic carbocycles. The van der Waals surface area contributed by atoms with Gasteiger partial charge in [-0.05, 0) is 38.1 Å². The summed E-state index contributed by atoms with van der Waals surface area (Å²) in [7, 11) is 3.39. The fourth-order valence-corrected chi connectivity index (χ4v) is 2.31. The van der Waals surface area contributed by atoms with E-state index < -0.39 is 0 Å². The van der Waals surface area contributed by atoms with E-state index in [1.54, 1.807) is 14.2 Å². The Morgan fingerprint density at radius 3 is 2.39 bits per heavy atom. The number of nitrogens with one attached hydrogen (secondary N) is 1. The van der Waals surface area contributed by atoms with Gasteiger partial charge in [0, 0.05) is 19.2 Å². The molecule has 18 heavy (non-hydrogen) atoms. The van der Waals surface area contributed by atoms with Crippen molar-refractivity contribution in [3.05, 3.63) is 18.2 Å². The minimum atomic E-state index is 0.837. The fraction of sp³-hybridized carbons (Fsp3) is 0.571. The number of benzene rings is 1. The number of methoxy groups -OCH3 is 2. The molecule has 1 saturated heterocycles. The second-order valence-electron chi connectivity index (χ2n) is 4.48. The first kappa shape index (κ1) is 13.0. The average molecular weight is 250 g/mol. The van der Waals surface area contributed by atoms with Gasteiger partial charge in [0.05, 0.1) is 19.9 Å². The van der Waals surface area contributed by atoms with Crippen molar-refractivity contribution in [3.8, 4) is 11.5 Å². The summed E-state index contributed by atoms with van der Waals surface area (Å²) in [5.74, 6) is 1.73. The van der Waals surface area contributed by atoms with E-state index in [4.69, 9.17) is 9.47 Å². The van der Waals surface area contributed by atoms with Crippen LogP contribution in [0, 0.1) is 0 Å². The Kier molecular flexibility index (Phi) is 4.70. The van der Waals surface area contributed by atoms with Crippen LogP contribution in [0.4, 0.5) is 5.69 Å². The summed E-state index contributed by atoms with van der Waals surface area (Å²) in [6, 6.07) is 6.04. The Labute approximate surface area is 109 Å². The van der Waals surface area contributed by atoms with E-state index in [0.29, 0.717) is 0 Å². The Balaban J connectivity index is 2.19. The van der Waals surface area contributed by atoms with Crippen LogP contribution in [0.2, 0.25) is 0 Å². The van der Waals surface area contributed by atoms with Crippen LogP contribution in [0.1, 0.15) is 12.8 Å². The van der Waals surface area contributed by atoms with Crippen molar-refractivity contribution < 1.29 is 9.47 Å². The summed E-state index contributed by atoms with van der Waals surface area (Å²) in [5, 5.41) is 3.43. The highest BCUT2D eigenvalue weighted by molar-refractivity contribution is 5.61. The van der Waals surface area contributed by atoms with Gasteiger partial charge in [0.25, 0.3) is 0 Å². The van der Waals surface area contributed by atoms with Gasteiger partial charge in [0.2, 0.25) is 0 Å². The summed E-state index contributed by atoms with van der Waals surface area (Å²) < 4.78 is 10.7. The predicted molar refractivity (Wildman–Crippen MR) is 73.9 cm³/mol. The SMILES string of the molecule is COc1ccc(N2CCCNCCC2)c(OC)c1. The topological polar surface area (TPSA) is 33.7 Å². The fourth-order valence-electron chi connectivity index (χ4n) is 2.31. The van der Waals surface area contributed by atoms with E-state index in [2.05, 4.69) is 16.3 Å². The first-order chi connectivity index (χ1) is 8.85. The molecule has 0 atom stereocenters. The summed E-state index contributed by atoms with van der Waals surface area (Å²) >= 11 is 0. The standard InChI is InChI=1S/C14H22N2O2/c1-17-12-5-6-13(14(11-12)18-2)16-9-3-7-15-8-4-10-16/h5-6,11,15H,3-4,7-10H2,1-2H3. The van der Waals surface area contributed by atoms with E-state index in [1.807, 2.05) is 12.1 Å². The molecular formula is C14H22N2O2. The molecule has 0 unspecified atom stereocenters. The summed E-state index contributed by atoms with van der Waals surface area (Å²) in [6.07, 6.45) is 2.32. The van der Waals surface area contributed by atoms with Crippen LogP contribution < -0.4 is 19.7 Å². The molecule has 2 rings (SSSR count). The Bertz CT molecular complexity index is 374. The van der Waals surface area contributed by atoms with Gasteiger partial charge in [0.1, 0.15) is 11.5 Å².